The Morgan fingerprint density at radius 2 is 1.78 bits per heavy atom. The van der Waals surface area contributed by atoms with Crippen molar-refractivity contribution in [2.75, 3.05) is 17.4 Å². The molecule has 1 aromatic heterocycles. The third-order valence-electron chi connectivity index (χ3n) is 4.55. The van der Waals surface area contributed by atoms with E-state index in [1.807, 2.05) is 0 Å². The lowest BCUT2D eigenvalue weighted by Crippen LogP contribution is -2.36. The Morgan fingerprint density at radius 1 is 1.03 bits per heavy atom. The van der Waals surface area contributed by atoms with Crippen LogP contribution in [0.1, 0.15) is 23.0 Å². The summed E-state index contributed by atoms with van der Waals surface area (Å²) in [6, 6.07) is 16.0. The van der Waals surface area contributed by atoms with Gasteiger partial charge in [0.15, 0.2) is 0 Å². The number of hydrogen-bond acceptors (Lipinski definition) is 5. The summed E-state index contributed by atoms with van der Waals surface area (Å²) in [4.78, 5) is 24.5. The quantitative estimate of drug-likeness (QED) is 0.494. The van der Waals surface area contributed by atoms with E-state index in [0.717, 1.165) is 0 Å². The van der Waals surface area contributed by atoms with E-state index in [9.17, 15) is 18.0 Å². The highest BCUT2D eigenvalue weighted by Crippen LogP contribution is 2.26. The molecule has 3 aromatic rings. The van der Waals surface area contributed by atoms with Crippen LogP contribution in [0.2, 0.25) is 5.02 Å². The molecule has 32 heavy (non-hydrogen) atoms. The molecule has 0 unspecified atom stereocenters. The Kier molecular flexibility index (Phi) is 7.55. The van der Waals surface area contributed by atoms with Gasteiger partial charge in [-0.15, -0.1) is 0 Å². The van der Waals surface area contributed by atoms with Gasteiger partial charge in [0, 0.05) is 6.54 Å². The van der Waals surface area contributed by atoms with Gasteiger partial charge in [-0.3, -0.25) is 13.9 Å². The summed E-state index contributed by atoms with van der Waals surface area (Å²) in [5.74, 6) is -0.525. The zero-order valence-electron chi connectivity index (χ0n) is 17.2. The lowest BCUT2D eigenvalue weighted by atomic mass is 10.2. The fourth-order valence-corrected chi connectivity index (χ4v) is 4.67. The van der Waals surface area contributed by atoms with Crippen molar-refractivity contribution in [3.63, 3.8) is 0 Å². The van der Waals surface area contributed by atoms with E-state index in [2.05, 4.69) is 10.6 Å². The van der Waals surface area contributed by atoms with Crippen LogP contribution in [0, 0.1) is 0 Å². The Morgan fingerprint density at radius 3 is 2.44 bits per heavy atom. The first-order chi connectivity index (χ1) is 15.3. The fourth-order valence-electron chi connectivity index (χ4n) is 2.97. The van der Waals surface area contributed by atoms with Crippen LogP contribution in [0.5, 0.6) is 0 Å². The topological polar surface area (TPSA) is 109 Å². The molecular formula is C22H22ClN3O5S. The second-order valence-electron chi connectivity index (χ2n) is 6.69. The number of halogens is 1. The second-order valence-corrected chi connectivity index (χ2v) is 8.96. The number of benzene rings is 2. The van der Waals surface area contributed by atoms with Crippen LogP contribution in [0.3, 0.4) is 0 Å². The van der Waals surface area contributed by atoms with Gasteiger partial charge in [-0.1, -0.05) is 29.8 Å². The van der Waals surface area contributed by atoms with Gasteiger partial charge in [-0.05, 0) is 49.4 Å². The van der Waals surface area contributed by atoms with E-state index in [1.165, 1.54) is 28.8 Å². The van der Waals surface area contributed by atoms with Gasteiger partial charge >= 0.3 is 0 Å². The largest absolute Gasteiger partial charge is 0.467 e. The maximum absolute atomic E-state index is 13.2. The molecule has 0 bridgehead atoms. The molecule has 2 aromatic carbocycles. The minimum Gasteiger partial charge on any atom is -0.467 e. The first kappa shape index (κ1) is 23.4. The van der Waals surface area contributed by atoms with Crippen LogP contribution in [-0.2, 0) is 21.4 Å². The summed E-state index contributed by atoms with van der Waals surface area (Å²) in [5.41, 5.74) is 0.458. The molecule has 8 nitrogen and oxygen atoms in total. The average Bonchev–Trinajstić information content (AvgIpc) is 3.31. The molecule has 0 aliphatic carbocycles. The lowest BCUT2D eigenvalue weighted by Gasteiger charge is -2.23. The Bertz CT molecular complexity index is 1180. The number of amides is 2. The zero-order valence-corrected chi connectivity index (χ0v) is 18.8. The molecule has 2 amide bonds. The molecule has 0 saturated carbocycles. The monoisotopic (exact) mass is 475 g/mol. The number of nitrogens with zero attached hydrogens (tertiary/aromatic N) is 1. The van der Waals surface area contributed by atoms with E-state index in [4.69, 9.17) is 16.0 Å². The molecule has 168 valence electrons. The summed E-state index contributed by atoms with van der Waals surface area (Å²) < 4.78 is 32.7. The Labute approximate surface area is 191 Å². The van der Waals surface area contributed by atoms with Gasteiger partial charge in [0.25, 0.3) is 15.9 Å². The molecule has 0 fully saturated rings. The maximum atomic E-state index is 13.2. The number of anilines is 1. The van der Waals surface area contributed by atoms with Crippen molar-refractivity contribution in [2.24, 2.45) is 0 Å². The van der Waals surface area contributed by atoms with Gasteiger partial charge in [-0.25, -0.2) is 8.42 Å². The molecule has 2 N–H and O–H groups in total. The molecular weight excluding hydrogens is 454 g/mol. The van der Waals surface area contributed by atoms with Crippen LogP contribution in [-0.4, -0.2) is 33.3 Å². The standard InChI is InChI=1S/C22H22ClN3O5S/c1-2-26(16-7-4-3-5-8-16)32(29,30)18-10-11-20(23)19(13-18)22(28)25-15-21(27)24-14-17-9-6-12-31-17/h3-13H,2,14-15H2,1H3,(H,24,27)(H,25,28). The normalized spacial score (nSPS) is 11.1. The molecule has 3 rings (SSSR count). The van der Waals surface area contributed by atoms with Crippen molar-refractivity contribution in [2.45, 2.75) is 18.4 Å². The smallest absolute Gasteiger partial charge is 0.264 e. The summed E-state index contributed by atoms with van der Waals surface area (Å²) in [6.07, 6.45) is 1.49. The third-order valence-corrected chi connectivity index (χ3v) is 6.78. The van der Waals surface area contributed by atoms with Crippen molar-refractivity contribution in [3.8, 4) is 0 Å². The zero-order chi connectivity index (χ0) is 23.1. The summed E-state index contributed by atoms with van der Waals surface area (Å²) in [5, 5.41) is 5.12. The lowest BCUT2D eigenvalue weighted by molar-refractivity contribution is -0.120. The van der Waals surface area contributed by atoms with Gasteiger partial charge in [0.05, 0.1) is 40.5 Å². The van der Waals surface area contributed by atoms with Crippen molar-refractivity contribution in [1.82, 2.24) is 10.6 Å². The van der Waals surface area contributed by atoms with Crippen LogP contribution < -0.4 is 14.9 Å². The number of para-hydroxylation sites is 1. The highest BCUT2D eigenvalue weighted by molar-refractivity contribution is 7.92. The Hall–Kier alpha value is -3.30. The predicted molar refractivity (Wildman–Crippen MR) is 121 cm³/mol. The summed E-state index contributed by atoms with van der Waals surface area (Å²) >= 11 is 6.13. The number of carbonyl (C=O) groups is 2. The van der Waals surface area contributed by atoms with Crippen molar-refractivity contribution < 1.29 is 22.4 Å². The molecule has 0 atom stereocenters. The highest BCUT2D eigenvalue weighted by atomic mass is 35.5. The van der Waals surface area contributed by atoms with E-state index in [1.54, 1.807) is 49.4 Å². The third kappa shape index (κ3) is 5.49. The van der Waals surface area contributed by atoms with Gasteiger partial charge < -0.3 is 15.1 Å². The fraction of sp³-hybridized carbons (Fsp3) is 0.182. The molecule has 0 spiro atoms. The molecule has 0 aliphatic heterocycles. The average molecular weight is 476 g/mol. The van der Waals surface area contributed by atoms with Crippen molar-refractivity contribution in [1.29, 1.82) is 0 Å². The molecule has 0 radical (unpaired) electrons. The molecule has 10 heteroatoms. The number of hydrogen-bond donors (Lipinski definition) is 2. The minimum atomic E-state index is -3.94. The number of furan rings is 1. The summed E-state index contributed by atoms with van der Waals surface area (Å²) in [7, 11) is -3.94. The van der Waals surface area contributed by atoms with Gasteiger partial charge in [0.2, 0.25) is 5.91 Å². The van der Waals surface area contributed by atoms with E-state index in [-0.39, 0.29) is 35.1 Å². The second kappa shape index (κ2) is 10.3. The highest BCUT2D eigenvalue weighted by Gasteiger charge is 2.25. The first-order valence-corrected chi connectivity index (χ1v) is 11.6. The molecule has 1 heterocycles. The number of carbonyl (C=O) groups excluding carboxylic acids is 2. The van der Waals surface area contributed by atoms with Crippen LogP contribution in [0.15, 0.2) is 76.2 Å². The van der Waals surface area contributed by atoms with Gasteiger partial charge in [-0.2, -0.15) is 0 Å². The minimum absolute atomic E-state index is 0.0457. The first-order valence-electron chi connectivity index (χ1n) is 9.77. The number of sulfonamides is 1. The maximum Gasteiger partial charge on any atom is 0.264 e. The van der Waals surface area contributed by atoms with Crippen LogP contribution in [0.4, 0.5) is 5.69 Å². The van der Waals surface area contributed by atoms with E-state index >= 15 is 0 Å². The van der Waals surface area contributed by atoms with Crippen LogP contribution >= 0.6 is 11.6 Å². The summed E-state index contributed by atoms with van der Waals surface area (Å²) in [6.45, 7) is 1.79. The van der Waals surface area contributed by atoms with Gasteiger partial charge in [0.1, 0.15) is 5.76 Å². The SMILES string of the molecule is CCN(c1ccccc1)S(=O)(=O)c1ccc(Cl)c(C(=O)NCC(=O)NCc2ccco2)c1. The molecule has 0 aliphatic rings. The van der Waals surface area contributed by atoms with Crippen LogP contribution in [0.25, 0.3) is 0 Å². The predicted octanol–water partition coefficient (Wildman–Crippen LogP) is 3.19. The van der Waals surface area contributed by atoms with Crippen molar-refractivity contribution in [3.05, 3.63) is 83.3 Å². The van der Waals surface area contributed by atoms with E-state index < -0.39 is 21.8 Å². The van der Waals surface area contributed by atoms with E-state index in [0.29, 0.717) is 11.4 Å². The number of rotatable bonds is 9. The van der Waals surface area contributed by atoms with Crippen molar-refractivity contribution >= 4 is 39.1 Å². The Balaban J connectivity index is 1.73. The number of nitrogens with one attached hydrogen (secondary N) is 2. The molecule has 0 saturated heterocycles.